The van der Waals surface area contributed by atoms with E-state index in [-0.39, 0.29) is 0 Å². The summed E-state index contributed by atoms with van der Waals surface area (Å²) in [4.78, 5) is 21.3. The number of allylic oxidation sites excluding steroid dienone is 1. The number of Topliss-reactive ketones (excluding diaryl/α,β-unsaturated/α-hetero) is 1. The molecule has 0 fully saturated rings. The van der Waals surface area contributed by atoms with Crippen LogP contribution in [0.2, 0.25) is 0 Å². The maximum absolute atomic E-state index is 10.7. The van der Waals surface area contributed by atoms with Crippen LogP contribution in [0.3, 0.4) is 0 Å². The van der Waals surface area contributed by atoms with Crippen molar-refractivity contribution in [2.45, 2.75) is 13.8 Å². The maximum Gasteiger partial charge on any atom is 0.340 e. The zero-order valence-corrected chi connectivity index (χ0v) is 6.63. The first kappa shape index (κ1) is 9.68. The van der Waals surface area contributed by atoms with Crippen LogP contribution in [0, 0.1) is 0 Å². The van der Waals surface area contributed by atoms with Crippen molar-refractivity contribution in [1.29, 1.82) is 0 Å². The number of methoxy groups -OCH3 is 1. The lowest BCUT2D eigenvalue weighted by Crippen LogP contribution is -2.18. The average molecular weight is 157 g/mol. The van der Waals surface area contributed by atoms with Crippen molar-refractivity contribution in [3.63, 3.8) is 0 Å². The van der Waals surface area contributed by atoms with Crippen molar-refractivity contribution in [1.82, 2.24) is 0 Å². The number of carbonyl (C=O) groups excluding carboxylic acids is 2. The van der Waals surface area contributed by atoms with Crippen molar-refractivity contribution in [2.75, 3.05) is 7.11 Å². The van der Waals surface area contributed by atoms with Gasteiger partial charge < -0.3 is 9.84 Å². The van der Waals surface area contributed by atoms with Crippen LogP contribution < -0.4 is 5.11 Å². The quantitative estimate of drug-likeness (QED) is 0.176. The van der Waals surface area contributed by atoms with E-state index in [1.54, 1.807) is 0 Å². The summed E-state index contributed by atoms with van der Waals surface area (Å²) in [6, 6.07) is 0. The van der Waals surface area contributed by atoms with Gasteiger partial charge in [-0.3, -0.25) is 4.79 Å². The molecule has 0 aromatic heterocycles. The van der Waals surface area contributed by atoms with Crippen LogP contribution >= 0.6 is 0 Å². The standard InChI is InChI=1S/C7H10O4/c1-4(8)6(5(2)9)7(10)11-3/h8H,1-3H3/p-1/b6-4+. The molecule has 0 radical (unpaired) electrons. The minimum atomic E-state index is -0.870. The number of hydrogen-bond donors (Lipinski definition) is 0. The molecule has 0 aromatic carbocycles. The lowest BCUT2D eigenvalue weighted by Gasteiger charge is -2.09. The van der Waals surface area contributed by atoms with Gasteiger partial charge in [-0.05, 0) is 6.92 Å². The number of ether oxygens (including phenoxy) is 1. The number of rotatable bonds is 2. The third-order valence-electron chi connectivity index (χ3n) is 1.09. The summed E-state index contributed by atoms with van der Waals surface area (Å²) in [5, 5.41) is 10.6. The van der Waals surface area contributed by atoms with Gasteiger partial charge in [0.05, 0.1) is 12.7 Å². The van der Waals surface area contributed by atoms with Crippen LogP contribution in [0.25, 0.3) is 0 Å². The molecule has 0 heterocycles. The molecule has 0 aliphatic carbocycles. The fourth-order valence-electron chi connectivity index (χ4n) is 0.637. The van der Waals surface area contributed by atoms with Crippen molar-refractivity contribution in [2.24, 2.45) is 0 Å². The van der Waals surface area contributed by atoms with Gasteiger partial charge in [-0.2, -0.15) is 0 Å². The molecule has 0 amide bonds. The van der Waals surface area contributed by atoms with Gasteiger partial charge in [-0.25, -0.2) is 4.79 Å². The van der Waals surface area contributed by atoms with Crippen LogP contribution in [0.5, 0.6) is 0 Å². The fourth-order valence-corrected chi connectivity index (χ4v) is 0.637. The van der Waals surface area contributed by atoms with Gasteiger partial charge in [0.25, 0.3) is 0 Å². The molecule has 4 nitrogen and oxygen atoms in total. The highest BCUT2D eigenvalue weighted by molar-refractivity contribution is 6.16. The monoisotopic (exact) mass is 157 g/mol. The van der Waals surface area contributed by atoms with Crippen molar-refractivity contribution in [3.8, 4) is 0 Å². The molecule has 62 valence electrons. The van der Waals surface area contributed by atoms with E-state index in [2.05, 4.69) is 4.74 Å². The van der Waals surface area contributed by atoms with E-state index >= 15 is 0 Å². The molecule has 0 N–H and O–H groups in total. The highest BCUT2D eigenvalue weighted by Gasteiger charge is 2.13. The molecule has 0 rings (SSSR count). The Morgan fingerprint density at radius 3 is 1.82 bits per heavy atom. The molecular formula is C7H9O4-. The van der Waals surface area contributed by atoms with Crippen LogP contribution in [0.4, 0.5) is 0 Å². The van der Waals surface area contributed by atoms with E-state index < -0.39 is 23.1 Å². The number of carbonyl (C=O) groups is 2. The fraction of sp³-hybridized carbons (Fsp3) is 0.429. The summed E-state index contributed by atoms with van der Waals surface area (Å²) in [6.07, 6.45) is 0. The Morgan fingerprint density at radius 1 is 1.27 bits per heavy atom. The van der Waals surface area contributed by atoms with Crippen molar-refractivity contribution >= 4 is 11.8 Å². The minimum Gasteiger partial charge on any atom is -0.875 e. The smallest absolute Gasteiger partial charge is 0.340 e. The van der Waals surface area contributed by atoms with Crippen LogP contribution in [0.1, 0.15) is 13.8 Å². The highest BCUT2D eigenvalue weighted by Crippen LogP contribution is 2.01. The first-order valence-corrected chi connectivity index (χ1v) is 2.97. The first-order chi connectivity index (χ1) is 5.00. The summed E-state index contributed by atoms with van der Waals surface area (Å²) in [5.41, 5.74) is -0.410. The lowest BCUT2D eigenvalue weighted by atomic mass is 10.1. The summed E-state index contributed by atoms with van der Waals surface area (Å²) >= 11 is 0. The predicted octanol–water partition coefficient (Wildman–Crippen LogP) is -0.617. The summed E-state index contributed by atoms with van der Waals surface area (Å²) < 4.78 is 4.22. The summed E-state index contributed by atoms with van der Waals surface area (Å²) in [5.74, 6) is -2.00. The van der Waals surface area contributed by atoms with Gasteiger partial charge in [-0.1, -0.05) is 6.92 Å². The average Bonchev–Trinajstić information content (AvgIpc) is 1.85. The summed E-state index contributed by atoms with van der Waals surface area (Å²) in [6.45, 7) is 2.29. The van der Waals surface area contributed by atoms with Gasteiger partial charge in [0.2, 0.25) is 0 Å². The second-order valence-electron chi connectivity index (χ2n) is 1.98. The van der Waals surface area contributed by atoms with E-state index in [0.29, 0.717) is 0 Å². The minimum absolute atomic E-state index is 0.410. The number of esters is 1. The molecule has 0 atom stereocenters. The van der Waals surface area contributed by atoms with Crippen LogP contribution in [-0.2, 0) is 14.3 Å². The van der Waals surface area contributed by atoms with Crippen molar-refractivity contribution < 1.29 is 19.4 Å². The Bertz CT molecular complexity index is 210. The normalized spacial score (nSPS) is 11.9. The maximum atomic E-state index is 10.7. The zero-order chi connectivity index (χ0) is 9.02. The Kier molecular flexibility index (Phi) is 3.30. The van der Waals surface area contributed by atoms with Gasteiger partial charge in [0.15, 0.2) is 5.78 Å². The molecule has 0 spiro atoms. The van der Waals surface area contributed by atoms with Gasteiger partial charge in [0, 0.05) is 0 Å². The third kappa shape index (κ3) is 2.41. The molecule has 0 saturated carbocycles. The van der Waals surface area contributed by atoms with E-state index in [1.807, 2.05) is 0 Å². The van der Waals surface area contributed by atoms with Crippen LogP contribution in [0.15, 0.2) is 11.3 Å². The SMILES string of the molecule is COC(=O)/C(C(C)=O)=C(\C)[O-]. The molecule has 11 heavy (non-hydrogen) atoms. The summed E-state index contributed by atoms with van der Waals surface area (Å²) in [7, 11) is 1.12. The van der Waals surface area contributed by atoms with E-state index in [0.717, 1.165) is 21.0 Å². The molecule has 0 unspecified atom stereocenters. The predicted molar refractivity (Wildman–Crippen MR) is 35.4 cm³/mol. The van der Waals surface area contributed by atoms with E-state index in [1.165, 1.54) is 0 Å². The Hall–Kier alpha value is -1.32. The first-order valence-electron chi connectivity index (χ1n) is 2.97. The van der Waals surface area contributed by atoms with Gasteiger partial charge in [-0.15, -0.1) is 5.76 Å². The Morgan fingerprint density at radius 2 is 1.73 bits per heavy atom. The molecule has 0 aliphatic rings. The second kappa shape index (κ2) is 3.75. The lowest BCUT2D eigenvalue weighted by molar-refractivity contribution is -0.303. The number of ketones is 1. The topological polar surface area (TPSA) is 66.4 Å². The number of hydrogen-bond acceptors (Lipinski definition) is 4. The highest BCUT2D eigenvalue weighted by atomic mass is 16.5. The van der Waals surface area contributed by atoms with Crippen molar-refractivity contribution in [3.05, 3.63) is 11.3 Å². The molecular weight excluding hydrogens is 148 g/mol. The molecule has 0 aliphatic heterocycles. The Balaban J connectivity index is 4.79. The van der Waals surface area contributed by atoms with Gasteiger partial charge >= 0.3 is 5.97 Å². The van der Waals surface area contributed by atoms with Crippen LogP contribution in [-0.4, -0.2) is 18.9 Å². The molecule has 0 aromatic rings. The molecule has 0 saturated heterocycles. The van der Waals surface area contributed by atoms with E-state index in [9.17, 15) is 14.7 Å². The molecule has 0 bridgehead atoms. The molecule has 4 heteroatoms. The largest absolute Gasteiger partial charge is 0.875 e. The van der Waals surface area contributed by atoms with E-state index in [4.69, 9.17) is 0 Å². The third-order valence-corrected chi connectivity index (χ3v) is 1.09. The zero-order valence-electron chi connectivity index (χ0n) is 6.63. The Labute approximate surface area is 64.5 Å². The second-order valence-corrected chi connectivity index (χ2v) is 1.98. The van der Waals surface area contributed by atoms with Gasteiger partial charge in [0.1, 0.15) is 0 Å².